The van der Waals surface area contributed by atoms with Crippen LogP contribution in [0, 0.1) is 0 Å². The average Bonchev–Trinajstić information content (AvgIpc) is 2.70. The lowest BCUT2D eigenvalue weighted by Crippen LogP contribution is -2.32. The van der Waals surface area contributed by atoms with Crippen LogP contribution in [0.25, 0.3) is 0 Å². The Morgan fingerprint density at radius 2 is 2.06 bits per heavy atom. The predicted molar refractivity (Wildman–Crippen MR) is 67.6 cm³/mol. The zero-order valence-electron chi connectivity index (χ0n) is 10.7. The third-order valence-corrected chi connectivity index (χ3v) is 2.95. The summed E-state index contributed by atoms with van der Waals surface area (Å²) >= 11 is 0. The van der Waals surface area contributed by atoms with Crippen molar-refractivity contribution in [1.82, 2.24) is 19.8 Å². The van der Waals surface area contributed by atoms with Crippen molar-refractivity contribution >= 4 is 0 Å². The first-order chi connectivity index (χ1) is 7.77. The van der Waals surface area contributed by atoms with Crippen LogP contribution in [0.3, 0.4) is 0 Å². The Balaban J connectivity index is 2.06. The minimum Gasteiger partial charge on any atom is -0.338 e. The first-order valence-corrected chi connectivity index (χ1v) is 6.17. The topological polar surface area (TPSA) is 33.1 Å². The van der Waals surface area contributed by atoms with Crippen molar-refractivity contribution in [2.45, 2.75) is 20.3 Å². The van der Waals surface area contributed by atoms with E-state index in [1.807, 2.05) is 19.4 Å². The van der Waals surface area contributed by atoms with Crippen molar-refractivity contribution in [2.24, 2.45) is 7.05 Å². The molecule has 1 aromatic heterocycles. The lowest BCUT2D eigenvalue weighted by molar-refractivity contribution is 0.302. The highest BCUT2D eigenvalue weighted by Gasteiger charge is 1.99. The molecule has 16 heavy (non-hydrogen) atoms. The predicted octanol–water partition coefficient (Wildman–Crippen LogP) is 0.894. The maximum atomic E-state index is 4.29. The number of imidazole rings is 1. The summed E-state index contributed by atoms with van der Waals surface area (Å²) < 4.78 is 2.08. The van der Waals surface area contributed by atoms with E-state index in [0.717, 1.165) is 45.0 Å². The van der Waals surface area contributed by atoms with Crippen LogP contribution < -0.4 is 5.32 Å². The summed E-state index contributed by atoms with van der Waals surface area (Å²) in [4.78, 5) is 6.72. The first-order valence-electron chi connectivity index (χ1n) is 6.17. The SMILES string of the molecule is CCN(CC)CCNCCc1nccn1C. The molecule has 0 saturated carbocycles. The van der Waals surface area contributed by atoms with Gasteiger partial charge in [0.25, 0.3) is 0 Å². The second-order valence-electron chi connectivity index (χ2n) is 3.98. The van der Waals surface area contributed by atoms with E-state index in [1.165, 1.54) is 0 Å². The molecule has 0 aliphatic rings. The van der Waals surface area contributed by atoms with Gasteiger partial charge in [-0.1, -0.05) is 13.8 Å². The Labute approximate surface area is 98.7 Å². The van der Waals surface area contributed by atoms with Crippen LogP contribution in [-0.4, -0.2) is 47.2 Å². The van der Waals surface area contributed by atoms with Gasteiger partial charge in [0, 0.05) is 45.5 Å². The lowest BCUT2D eigenvalue weighted by Gasteiger charge is -2.17. The summed E-state index contributed by atoms with van der Waals surface area (Å²) in [6.45, 7) is 9.88. The Morgan fingerprint density at radius 3 is 2.62 bits per heavy atom. The molecule has 0 radical (unpaired) electrons. The fraction of sp³-hybridized carbons (Fsp3) is 0.750. The highest BCUT2D eigenvalue weighted by molar-refractivity contribution is 4.91. The van der Waals surface area contributed by atoms with Crippen molar-refractivity contribution in [2.75, 3.05) is 32.7 Å². The van der Waals surface area contributed by atoms with Crippen LogP contribution in [0.5, 0.6) is 0 Å². The summed E-state index contributed by atoms with van der Waals surface area (Å²) in [5.41, 5.74) is 0. The van der Waals surface area contributed by atoms with E-state index >= 15 is 0 Å². The summed E-state index contributed by atoms with van der Waals surface area (Å²) in [6, 6.07) is 0. The maximum Gasteiger partial charge on any atom is 0.109 e. The third-order valence-electron chi connectivity index (χ3n) is 2.95. The summed E-state index contributed by atoms with van der Waals surface area (Å²) in [5, 5.41) is 3.46. The van der Waals surface area contributed by atoms with Crippen molar-refractivity contribution < 1.29 is 0 Å². The Morgan fingerprint density at radius 1 is 1.31 bits per heavy atom. The van der Waals surface area contributed by atoms with E-state index in [1.54, 1.807) is 0 Å². The average molecular weight is 224 g/mol. The largest absolute Gasteiger partial charge is 0.338 e. The fourth-order valence-electron chi connectivity index (χ4n) is 1.74. The molecule has 1 aromatic rings. The van der Waals surface area contributed by atoms with E-state index in [2.05, 4.69) is 33.6 Å². The molecule has 4 heteroatoms. The van der Waals surface area contributed by atoms with E-state index < -0.39 is 0 Å². The summed E-state index contributed by atoms with van der Waals surface area (Å²) in [7, 11) is 2.04. The van der Waals surface area contributed by atoms with Gasteiger partial charge in [-0.25, -0.2) is 4.98 Å². The molecule has 0 amide bonds. The van der Waals surface area contributed by atoms with Crippen molar-refractivity contribution in [1.29, 1.82) is 0 Å². The van der Waals surface area contributed by atoms with E-state index in [4.69, 9.17) is 0 Å². The maximum absolute atomic E-state index is 4.29. The number of hydrogen-bond acceptors (Lipinski definition) is 3. The molecule has 0 spiro atoms. The van der Waals surface area contributed by atoms with Gasteiger partial charge in [0.15, 0.2) is 0 Å². The van der Waals surface area contributed by atoms with Crippen molar-refractivity contribution in [3.05, 3.63) is 18.2 Å². The second kappa shape index (κ2) is 7.41. The highest BCUT2D eigenvalue weighted by Crippen LogP contribution is 1.93. The number of nitrogens with zero attached hydrogens (tertiary/aromatic N) is 3. The van der Waals surface area contributed by atoms with Crippen molar-refractivity contribution in [3.63, 3.8) is 0 Å². The minimum absolute atomic E-state index is 1.00. The van der Waals surface area contributed by atoms with Crippen LogP contribution in [0.1, 0.15) is 19.7 Å². The van der Waals surface area contributed by atoms with Gasteiger partial charge in [0.05, 0.1) is 0 Å². The summed E-state index contributed by atoms with van der Waals surface area (Å²) in [6.07, 6.45) is 4.85. The number of likely N-dealkylation sites (N-methyl/N-ethyl adjacent to an activating group) is 1. The number of rotatable bonds is 8. The highest BCUT2D eigenvalue weighted by atomic mass is 15.1. The van der Waals surface area contributed by atoms with Gasteiger partial charge in [0.1, 0.15) is 5.82 Å². The molecule has 1 rings (SSSR count). The molecule has 0 saturated heterocycles. The molecule has 1 N–H and O–H groups in total. The summed E-state index contributed by atoms with van der Waals surface area (Å²) in [5.74, 6) is 1.15. The van der Waals surface area contributed by atoms with Crippen LogP contribution in [0.2, 0.25) is 0 Å². The Bertz CT molecular complexity index is 278. The third kappa shape index (κ3) is 4.33. The smallest absolute Gasteiger partial charge is 0.109 e. The van der Waals surface area contributed by atoms with Gasteiger partial charge in [-0.3, -0.25) is 0 Å². The molecule has 0 aliphatic carbocycles. The van der Waals surface area contributed by atoms with Gasteiger partial charge in [-0.05, 0) is 13.1 Å². The van der Waals surface area contributed by atoms with Crippen molar-refractivity contribution in [3.8, 4) is 0 Å². The molecule has 0 aliphatic heterocycles. The monoisotopic (exact) mass is 224 g/mol. The molecule has 4 nitrogen and oxygen atoms in total. The van der Waals surface area contributed by atoms with Gasteiger partial charge in [-0.15, -0.1) is 0 Å². The standard InChI is InChI=1S/C12H24N4/c1-4-16(5-2)11-8-13-7-6-12-14-9-10-15(12)3/h9-10,13H,4-8,11H2,1-3H3. The number of hydrogen-bond donors (Lipinski definition) is 1. The molecular weight excluding hydrogens is 200 g/mol. The molecule has 92 valence electrons. The van der Waals surface area contributed by atoms with E-state index in [0.29, 0.717) is 0 Å². The molecular formula is C12H24N4. The molecule has 0 bridgehead atoms. The lowest BCUT2D eigenvalue weighted by atomic mass is 10.4. The van der Waals surface area contributed by atoms with Gasteiger partial charge >= 0.3 is 0 Å². The van der Waals surface area contributed by atoms with Gasteiger partial charge in [-0.2, -0.15) is 0 Å². The molecule has 0 unspecified atom stereocenters. The Kier molecular flexibility index (Phi) is 6.11. The fourth-order valence-corrected chi connectivity index (χ4v) is 1.74. The molecule has 0 atom stereocenters. The molecule has 1 heterocycles. The van der Waals surface area contributed by atoms with Gasteiger partial charge in [0.2, 0.25) is 0 Å². The van der Waals surface area contributed by atoms with E-state index in [-0.39, 0.29) is 0 Å². The van der Waals surface area contributed by atoms with Gasteiger partial charge < -0.3 is 14.8 Å². The normalized spacial score (nSPS) is 11.2. The van der Waals surface area contributed by atoms with Crippen LogP contribution >= 0.6 is 0 Å². The minimum atomic E-state index is 1.00. The number of nitrogens with one attached hydrogen (secondary N) is 1. The van der Waals surface area contributed by atoms with E-state index in [9.17, 15) is 0 Å². The zero-order chi connectivity index (χ0) is 11.8. The quantitative estimate of drug-likeness (QED) is 0.666. The molecule has 0 aromatic carbocycles. The second-order valence-corrected chi connectivity index (χ2v) is 3.98. The van der Waals surface area contributed by atoms with Crippen LogP contribution in [0.15, 0.2) is 12.4 Å². The number of aromatic nitrogens is 2. The van der Waals surface area contributed by atoms with Crippen LogP contribution in [0.4, 0.5) is 0 Å². The Hall–Kier alpha value is -0.870. The molecule has 0 fully saturated rings. The first kappa shape index (κ1) is 13.2. The van der Waals surface area contributed by atoms with Crippen LogP contribution in [-0.2, 0) is 13.5 Å². The number of aryl methyl sites for hydroxylation is 1. The zero-order valence-corrected chi connectivity index (χ0v) is 10.7.